The predicted molar refractivity (Wildman–Crippen MR) is 106 cm³/mol. The van der Waals surface area contributed by atoms with E-state index in [2.05, 4.69) is 9.97 Å². The third-order valence-electron chi connectivity index (χ3n) is 4.90. The zero-order valence-electron chi connectivity index (χ0n) is 14.7. The smallest absolute Gasteiger partial charge is 0.265 e. The van der Waals surface area contributed by atoms with Gasteiger partial charge in [0.1, 0.15) is 11.4 Å². The molecule has 0 spiro atoms. The zero-order valence-corrected chi connectivity index (χ0v) is 14.7. The maximum atomic E-state index is 12.9. The Balaban J connectivity index is 1.96. The molecule has 0 saturated carbocycles. The number of aryl methyl sites for hydroxylation is 1. The summed E-state index contributed by atoms with van der Waals surface area (Å²) >= 11 is 0. The molecule has 0 saturated heterocycles. The van der Waals surface area contributed by atoms with Gasteiger partial charge in [-0.1, -0.05) is 6.07 Å². The van der Waals surface area contributed by atoms with Crippen LogP contribution in [0.25, 0.3) is 38.4 Å². The molecule has 2 aromatic carbocycles. The Labute approximate surface area is 152 Å². The van der Waals surface area contributed by atoms with Crippen LogP contribution in [-0.2, 0) is 0 Å². The minimum atomic E-state index is -0.190. The summed E-state index contributed by atoms with van der Waals surface area (Å²) in [5.41, 5.74) is 3.12. The van der Waals surface area contributed by atoms with Gasteiger partial charge in [0, 0.05) is 28.6 Å². The maximum Gasteiger partial charge on any atom is 0.265 e. The Morgan fingerprint density at radius 3 is 2.59 bits per heavy atom. The molecule has 0 unspecified atom stereocenters. The second kappa shape index (κ2) is 5.41. The van der Waals surface area contributed by atoms with Crippen LogP contribution in [-0.4, -0.2) is 21.5 Å². The standard InChI is InChI=1S/C21H15N3O3/c1-11-3-4-13-16(7-11)22-17-10-15-18(9-14(17)20(13)25)23-19-8-12(27-2)5-6-24(19)21(15)26/h3-10H,1-2H3,(H,22,25). The number of ether oxygens (including phenoxy) is 1. The highest BCUT2D eigenvalue weighted by molar-refractivity contribution is 5.99. The van der Waals surface area contributed by atoms with E-state index >= 15 is 0 Å². The van der Waals surface area contributed by atoms with Crippen molar-refractivity contribution in [2.45, 2.75) is 6.92 Å². The predicted octanol–water partition coefficient (Wildman–Crippen LogP) is 3.16. The summed E-state index contributed by atoms with van der Waals surface area (Å²) in [6.45, 7) is 1.97. The lowest BCUT2D eigenvalue weighted by Crippen LogP contribution is -2.15. The van der Waals surface area contributed by atoms with Crippen molar-refractivity contribution < 1.29 is 4.74 Å². The van der Waals surface area contributed by atoms with E-state index in [1.54, 1.807) is 37.6 Å². The normalized spacial score (nSPS) is 11.6. The van der Waals surface area contributed by atoms with Gasteiger partial charge in [0.2, 0.25) is 0 Å². The highest BCUT2D eigenvalue weighted by Crippen LogP contribution is 2.21. The number of nitrogens with zero attached hydrogens (tertiary/aromatic N) is 2. The summed E-state index contributed by atoms with van der Waals surface area (Å²) in [6, 6.07) is 12.5. The van der Waals surface area contributed by atoms with Crippen LogP contribution in [0, 0.1) is 6.92 Å². The molecule has 3 heterocycles. The number of hydrogen-bond acceptors (Lipinski definition) is 4. The van der Waals surface area contributed by atoms with Gasteiger partial charge in [-0.05, 0) is 42.8 Å². The largest absolute Gasteiger partial charge is 0.497 e. The minimum Gasteiger partial charge on any atom is -0.497 e. The SMILES string of the molecule is COc1ccn2c(=O)c3cc4[nH]c5cc(C)ccc5c(=O)c4cc3nc2c1. The lowest BCUT2D eigenvalue weighted by molar-refractivity contribution is 0.414. The Morgan fingerprint density at radius 1 is 0.963 bits per heavy atom. The number of H-pyrrole nitrogens is 1. The lowest BCUT2D eigenvalue weighted by Gasteiger charge is -2.08. The van der Waals surface area contributed by atoms with Crippen molar-refractivity contribution in [3.05, 3.63) is 74.8 Å². The van der Waals surface area contributed by atoms with Gasteiger partial charge in [-0.2, -0.15) is 0 Å². The van der Waals surface area contributed by atoms with Gasteiger partial charge in [0.15, 0.2) is 5.43 Å². The van der Waals surface area contributed by atoms with Crippen LogP contribution >= 0.6 is 0 Å². The van der Waals surface area contributed by atoms with Crippen molar-refractivity contribution in [2.24, 2.45) is 0 Å². The summed E-state index contributed by atoms with van der Waals surface area (Å²) in [7, 11) is 1.56. The van der Waals surface area contributed by atoms with Crippen molar-refractivity contribution in [3.8, 4) is 5.75 Å². The van der Waals surface area contributed by atoms with Gasteiger partial charge in [0.25, 0.3) is 5.56 Å². The van der Waals surface area contributed by atoms with E-state index < -0.39 is 0 Å². The van der Waals surface area contributed by atoms with E-state index in [4.69, 9.17) is 4.74 Å². The summed E-state index contributed by atoms with van der Waals surface area (Å²) < 4.78 is 6.68. The first-order chi connectivity index (χ1) is 13.0. The van der Waals surface area contributed by atoms with Crippen molar-refractivity contribution >= 4 is 38.4 Å². The summed E-state index contributed by atoms with van der Waals surface area (Å²) in [5.74, 6) is 0.612. The average molecular weight is 357 g/mol. The first kappa shape index (κ1) is 15.6. The van der Waals surface area contributed by atoms with Gasteiger partial charge in [0.05, 0.1) is 23.5 Å². The number of aromatic amines is 1. The molecule has 0 fully saturated rings. The molecular weight excluding hydrogens is 342 g/mol. The number of fused-ring (bicyclic) bond motifs is 4. The van der Waals surface area contributed by atoms with Crippen LogP contribution in [0.15, 0.2) is 58.3 Å². The van der Waals surface area contributed by atoms with Gasteiger partial charge >= 0.3 is 0 Å². The number of aromatic nitrogens is 3. The van der Waals surface area contributed by atoms with Crippen molar-refractivity contribution in [1.29, 1.82) is 0 Å². The minimum absolute atomic E-state index is 0.0757. The maximum absolute atomic E-state index is 12.9. The summed E-state index contributed by atoms with van der Waals surface area (Å²) in [4.78, 5) is 33.7. The van der Waals surface area contributed by atoms with Crippen LogP contribution in [0.4, 0.5) is 0 Å². The number of hydrogen-bond donors (Lipinski definition) is 1. The zero-order chi connectivity index (χ0) is 18.7. The van der Waals surface area contributed by atoms with Gasteiger partial charge in [-0.25, -0.2) is 4.98 Å². The molecule has 27 heavy (non-hydrogen) atoms. The van der Waals surface area contributed by atoms with Gasteiger partial charge < -0.3 is 9.72 Å². The molecule has 132 valence electrons. The second-order valence-electron chi connectivity index (χ2n) is 6.63. The van der Waals surface area contributed by atoms with Crippen LogP contribution < -0.4 is 15.7 Å². The number of pyridine rings is 2. The highest BCUT2D eigenvalue weighted by atomic mass is 16.5. The van der Waals surface area contributed by atoms with Crippen molar-refractivity contribution in [3.63, 3.8) is 0 Å². The molecule has 0 amide bonds. The molecule has 0 aliphatic heterocycles. The van der Waals surface area contributed by atoms with E-state index in [9.17, 15) is 9.59 Å². The van der Waals surface area contributed by atoms with E-state index in [0.717, 1.165) is 11.1 Å². The summed E-state index contributed by atoms with van der Waals surface area (Å²) in [6.07, 6.45) is 1.64. The number of rotatable bonds is 1. The molecule has 0 aliphatic rings. The molecule has 6 heteroatoms. The third-order valence-corrected chi connectivity index (χ3v) is 4.90. The monoisotopic (exact) mass is 357 g/mol. The van der Waals surface area contributed by atoms with Crippen LogP contribution in [0.3, 0.4) is 0 Å². The molecule has 3 aromatic heterocycles. The van der Waals surface area contributed by atoms with Crippen LogP contribution in [0.1, 0.15) is 5.56 Å². The van der Waals surface area contributed by atoms with Crippen LogP contribution in [0.5, 0.6) is 5.75 Å². The molecule has 5 rings (SSSR count). The number of benzene rings is 2. The van der Waals surface area contributed by atoms with Gasteiger partial charge in [-0.3, -0.25) is 14.0 Å². The molecule has 0 atom stereocenters. The van der Waals surface area contributed by atoms with Crippen molar-refractivity contribution in [2.75, 3.05) is 7.11 Å². The van der Waals surface area contributed by atoms with Crippen LogP contribution in [0.2, 0.25) is 0 Å². The molecule has 0 bridgehead atoms. The topological polar surface area (TPSA) is 76.5 Å². The quantitative estimate of drug-likeness (QED) is 0.468. The average Bonchev–Trinajstić information content (AvgIpc) is 2.67. The van der Waals surface area contributed by atoms with E-state index in [-0.39, 0.29) is 11.0 Å². The van der Waals surface area contributed by atoms with E-state index in [0.29, 0.717) is 38.6 Å². The lowest BCUT2D eigenvalue weighted by atomic mass is 10.1. The molecule has 0 radical (unpaired) electrons. The Morgan fingerprint density at radius 2 is 1.78 bits per heavy atom. The second-order valence-corrected chi connectivity index (χ2v) is 6.63. The molecule has 5 aromatic rings. The Kier molecular flexibility index (Phi) is 3.12. The molecule has 6 nitrogen and oxygen atoms in total. The third kappa shape index (κ3) is 2.23. The fourth-order valence-electron chi connectivity index (χ4n) is 3.50. The fourth-order valence-corrected chi connectivity index (χ4v) is 3.50. The first-order valence-electron chi connectivity index (χ1n) is 8.52. The fraction of sp³-hybridized carbons (Fsp3) is 0.0952. The number of nitrogens with one attached hydrogen (secondary N) is 1. The first-order valence-corrected chi connectivity index (χ1v) is 8.52. The van der Waals surface area contributed by atoms with E-state index in [1.165, 1.54) is 4.40 Å². The van der Waals surface area contributed by atoms with Crippen molar-refractivity contribution in [1.82, 2.24) is 14.4 Å². The molecule has 0 aliphatic carbocycles. The molecule has 1 N–H and O–H groups in total. The highest BCUT2D eigenvalue weighted by Gasteiger charge is 2.12. The number of methoxy groups -OCH3 is 1. The molecular formula is C21H15N3O3. The Bertz CT molecular complexity index is 1510. The van der Waals surface area contributed by atoms with Gasteiger partial charge in [-0.15, -0.1) is 0 Å². The summed E-state index contributed by atoms with van der Waals surface area (Å²) in [5, 5.41) is 1.58. The Hall–Kier alpha value is -3.67. The van der Waals surface area contributed by atoms with E-state index in [1.807, 2.05) is 25.1 Å².